The Labute approximate surface area is 116 Å². The second-order valence-corrected chi connectivity index (χ2v) is 4.34. The van der Waals surface area contributed by atoms with Gasteiger partial charge >= 0.3 is 5.69 Å². The number of nitrogens with two attached hydrogens (primary N) is 1. The summed E-state index contributed by atoms with van der Waals surface area (Å²) < 4.78 is 0. The zero-order chi connectivity index (χ0) is 15.4. The average Bonchev–Trinajstić information content (AvgIpc) is 2.35. The van der Waals surface area contributed by atoms with E-state index in [1.165, 1.54) is 11.8 Å². The molecule has 0 aliphatic rings. The highest BCUT2D eigenvalue weighted by Crippen LogP contribution is 2.26. The van der Waals surface area contributed by atoms with E-state index in [0.29, 0.717) is 6.54 Å². The fourth-order valence-electron chi connectivity index (χ4n) is 1.66. The summed E-state index contributed by atoms with van der Waals surface area (Å²) >= 11 is 0. The zero-order valence-electron chi connectivity index (χ0n) is 11.9. The molecular formula is C11H18N6O3. The second-order valence-electron chi connectivity index (χ2n) is 4.34. The van der Waals surface area contributed by atoms with E-state index in [0.717, 1.165) is 0 Å². The third-order valence-electron chi connectivity index (χ3n) is 2.83. The van der Waals surface area contributed by atoms with E-state index >= 15 is 0 Å². The van der Waals surface area contributed by atoms with Gasteiger partial charge in [0.2, 0.25) is 17.7 Å². The van der Waals surface area contributed by atoms with Crippen molar-refractivity contribution in [3.8, 4) is 0 Å². The van der Waals surface area contributed by atoms with Crippen molar-refractivity contribution in [1.82, 2.24) is 14.9 Å². The summed E-state index contributed by atoms with van der Waals surface area (Å²) in [6, 6.07) is -0.660. The number of anilines is 2. The van der Waals surface area contributed by atoms with Gasteiger partial charge in [0.15, 0.2) is 0 Å². The number of nitrogen functional groups attached to an aromatic ring is 1. The van der Waals surface area contributed by atoms with E-state index < -0.39 is 11.0 Å². The Hall–Kier alpha value is -2.45. The maximum atomic E-state index is 11.9. The van der Waals surface area contributed by atoms with Crippen LogP contribution in [0.5, 0.6) is 0 Å². The lowest BCUT2D eigenvalue weighted by molar-refractivity contribution is -0.385. The van der Waals surface area contributed by atoms with Crippen molar-refractivity contribution in [1.29, 1.82) is 0 Å². The molecule has 1 amide bonds. The van der Waals surface area contributed by atoms with Gasteiger partial charge in [0, 0.05) is 13.6 Å². The Morgan fingerprint density at radius 3 is 2.65 bits per heavy atom. The molecule has 1 rings (SSSR count). The molecule has 0 bridgehead atoms. The number of nitrogens with one attached hydrogen (secondary N) is 1. The van der Waals surface area contributed by atoms with Crippen LogP contribution >= 0.6 is 0 Å². The number of hydrogen-bond donors (Lipinski definition) is 2. The van der Waals surface area contributed by atoms with Crippen LogP contribution in [0.3, 0.4) is 0 Å². The molecule has 0 saturated carbocycles. The fourth-order valence-corrected chi connectivity index (χ4v) is 1.66. The quantitative estimate of drug-likeness (QED) is 0.596. The molecule has 0 saturated heterocycles. The van der Waals surface area contributed by atoms with Crippen LogP contribution in [0.4, 0.5) is 17.5 Å². The molecule has 9 heteroatoms. The summed E-state index contributed by atoms with van der Waals surface area (Å²) in [5.41, 5.74) is 5.35. The Balaban J connectivity index is 3.08. The number of carbonyl (C=O) groups excluding carboxylic acids is 1. The molecule has 0 aromatic carbocycles. The second kappa shape index (κ2) is 6.13. The molecule has 0 aliphatic heterocycles. The molecular weight excluding hydrogens is 264 g/mol. The molecule has 20 heavy (non-hydrogen) atoms. The first kappa shape index (κ1) is 15.6. The lowest BCUT2D eigenvalue weighted by atomic mass is 10.2. The molecule has 0 radical (unpaired) electrons. The molecule has 3 N–H and O–H groups in total. The minimum Gasteiger partial charge on any atom is -0.368 e. The van der Waals surface area contributed by atoms with Crippen LogP contribution in [-0.2, 0) is 4.79 Å². The number of nitrogens with zero attached hydrogens (tertiary/aromatic N) is 4. The lowest BCUT2D eigenvalue weighted by Gasteiger charge is -2.21. The number of rotatable bonds is 5. The number of aryl methyl sites for hydroxylation is 1. The largest absolute Gasteiger partial charge is 0.368 e. The fraction of sp³-hybridized carbons (Fsp3) is 0.545. The predicted octanol–water partition coefficient (Wildman–Crippen LogP) is 0.554. The van der Waals surface area contributed by atoms with Crippen molar-refractivity contribution in [3.05, 3.63) is 15.8 Å². The summed E-state index contributed by atoms with van der Waals surface area (Å²) in [6.07, 6.45) is 0. The van der Waals surface area contributed by atoms with Crippen molar-refractivity contribution in [3.63, 3.8) is 0 Å². The topological polar surface area (TPSA) is 127 Å². The van der Waals surface area contributed by atoms with Crippen molar-refractivity contribution >= 4 is 23.4 Å². The number of aromatic nitrogens is 2. The summed E-state index contributed by atoms with van der Waals surface area (Å²) in [4.78, 5) is 31.4. The van der Waals surface area contributed by atoms with Crippen LogP contribution in [0.1, 0.15) is 19.5 Å². The van der Waals surface area contributed by atoms with Crippen LogP contribution in [0.2, 0.25) is 0 Å². The highest BCUT2D eigenvalue weighted by molar-refractivity contribution is 5.84. The van der Waals surface area contributed by atoms with E-state index in [-0.39, 0.29) is 29.1 Å². The minimum absolute atomic E-state index is 0.0506. The van der Waals surface area contributed by atoms with Crippen molar-refractivity contribution < 1.29 is 9.72 Å². The molecule has 0 spiro atoms. The Kier molecular flexibility index (Phi) is 4.78. The van der Waals surface area contributed by atoms with Gasteiger partial charge in [-0.25, -0.2) is 4.98 Å². The zero-order valence-corrected chi connectivity index (χ0v) is 11.9. The molecule has 0 fully saturated rings. The molecule has 1 unspecified atom stereocenters. The Morgan fingerprint density at radius 1 is 1.55 bits per heavy atom. The van der Waals surface area contributed by atoms with Gasteiger partial charge in [-0.05, 0) is 20.8 Å². The van der Waals surface area contributed by atoms with E-state index in [2.05, 4.69) is 15.3 Å². The Bertz CT molecular complexity index is 533. The molecule has 1 aromatic rings. The number of nitro groups is 1. The van der Waals surface area contributed by atoms with Crippen LogP contribution in [0, 0.1) is 17.0 Å². The average molecular weight is 282 g/mol. The van der Waals surface area contributed by atoms with Crippen molar-refractivity contribution in [2.24, 2.45) is 0 Å². The number of hydrogen-bond acceptors (Lipinski definition) is 7. The monoisotopic (exact) mass is 282 g/mol. The van der Waals surface area contributed by atoms with Gasteiger partial charge in [0.25, 0.3) is 0 Å². The third kappa shape index (κ3) is 3.31. The number of carbonyl (C=O) groups is 1. The summed E-state index contributed by atoms with van der Waals surface area (Å²) in [6.45, 7) is 5.44. The molecule has 1 heterocycles. The molecule has 1 atom stereocenters. The van der Waals surface area contributed by atoms with Crippen molar-refractivity contribution in [2.45, 2.75) is 26.8 Å². The van der Waals surface area contributed by atoms with Gasteiger partial charge < -0.3 is 16.0 Å². The lowest BCUT2D eigenvalue weighted by Crippen LogP contribution is -2.39. The maximum Gasteiger partial charge on any atom is 0.332 e. The van der Waals surface area contributed by atoms with Crippen LogP contribution in [-0.4, -0.2) is 45.3 Å². The first-order valence-corrected chi connectivity index (χ1v) is 6.07. The van der Waals surface area contributed by atoms with Gasteiger partial charge in [0.05, 0.1) is 4.92 Å². The van der Waals surface area contributed by atoms with E-state index in [9.17, 15) is 14.9 Å². The molecule has 0 aliphatic carbocycles. The van der Waals surface area contributed by atoms with Gasteiger partial charge in [-0.15, -0.1) is 0 Å². The summed E-state index contributed by atoms with van der Waals surface area (Å²) in [7, 11) is 1.65. The highest BCUT2D eigenvalue weighted by atomic mass is 16.6. The highest BCUT2D eigenvalue weighted by Gasteiger charge is 2.25. The summed E-state index contributed by atoms with van der Waals surface area (Å²) in [5, 5.41) is 13.8. The van der Waals surface area contributed by atoms with Crippen molar-refractivity contribution in [2.75, 3.05) is 24.6 Å². The van der Waals surface area contributed by atoms with Gasteiger partial charge in [-0.2, -0.15) is 4.98 Å². The smallest absolute Gasteiger partial charge is 0.332 e. The van der Waals surface area contributed by atoms with Gasteiger partial charge in [0.1, 0.15) is 11.7 Å². The predicted molar refractivity (Wildman–Crippen MR) is 74.2 cm³/mol. The van der Waals surface area contributed by atoms with Crippen LogP contribution in [0.15, 0.2) is 0 Å². The maximum absolute atomic E-state index is 11.9. The minimum atomic E-state index is -0.660. The SMILES string of the molecule is CCN(C)C(=O)C(C)Nc1nc(N)nc(C)c1[N+](=O)[O-]. The van der Waals surface area contributed by atoms with Gasteiger partial charge in [-0.1, -0.05) is 0 Å². The van der Waals surface area contributed by atoms with Gasteiger partial charge in [-0.3, -0.25) is 14.9 Å². The normalized spacial score (nSPS) is 11.8. The number of amides is 1. The Morgan fingerprint density at radius 2 is 2.15 bits per heavy atom. The standard InChI is InChI=1S/C11H18N6O3/c1-5-16(4)10(18)7(3)13-9-8(17(19)20)6(2)14-11(12)15-9/h7H,5H2,1-4H3,(H3,12,13,14,15). The third-order valence-corrected chi connectivity index (χ3v) is 2.83. The van der Waals surface area contributed by atoms with E-state index in [4.69, 9.17) is 5.73 Å². The first-order valence-electron chi connectivity index (χ1n) is 6.07. The first-order chi connectivity index (χ1) is 9.27. The number of likely N-dealkylation sites (N-methyl/N-ethyl adjacent to an activating group) is 1. The molecule has 110 valence electrons. The molecule has 9 nitrogen and oxygen atoms in total. The van der Waals surface area contributed by atoms with E-state index in [1.807, 2.05) is 6.92 Å². The molecule has 1 aromatic heterocycles. The summed E-state index contributed by atoms with van der Waals surface area (Å²) in [5.74, 6) is -0.332. The van der Waals surface area contributed by atoms with Crippen LogP contribution in [0.25, 0.3) is 0 Å². The van der Waals surface area contributed by atoms with E-state index in [1.54, 1.807) is 14.0 Å². The van der Waals surface area contributed by atoms with Crippen LogP contribution < -0.4 is 11.1 Å².